The number of hydrogen-bond acceptors (Lipinski definition) is 2. The van der Waals surface area contributed by atoms with Crippen molar-refractivity contribution in [3.8, 4) is 5.75 Å². The normalized spacial score (nSPS) is 9.50. The number of carbonyl (C=O) groups is 1. The second-order valence-corrected chi connectivity index (χ2v) is 3.32. The van der Waals surface area contributed by atoms with Crippen molar-refractivity contribution in [2.45, 2.75) is 0 Å². The SMILES string of the molecule is O=C(O)c1cccc(I)c1OCl. The quantitative estimate of drug-likeness (QED) is 0.854. The first kappa shape index (κ1) is 9.60. The lowest BCUT2D eigenvalue weighted by Crippen LogP contribution is -1.99. The van der Waals surface area contributed by atoms with Gasteiger partial charge in [0.25, 0.3) is 0 Å². The highest BCUT2D eigenvalue weighted by atomic mass is 127. The van der Waals surface area contributed by atoms with Gasteiger partial charge in [0.1, 0.15) is 17.4 Å². The largest absolute Gasteiger partial charge is 0.478 e. The van der Waals surface area contributed by atoms with Crippen molar-refractivity contribution in [1.29, 1.82) is 0 Å². The van der Waals surface area contributed by atoms with E-state index in [0.29, 0.717) is 3.57 Å². The van der Waals surface area contributed by atoms with Crippen LogP contribution in [-0.4, -0.2) is 11.1 Å². The summed E-state index contributed by atoms with van der Waals surface area (Å²) >= 11 is 7.06. The smallest absolute Gasteiger partial charge is 0.339 e. The Hall–Kier alpha value is -0.490. The molecule has 1 rings (SSSR count). The van der Waals surface area contributed by atoms with E-state index in [4.69, 9.17) is 17.0 Å². The van der Waals surface area contributed by atoms with Crippen LogP contribution in [0.4, 0.5) is 0 Å². The van der Waals surface area contributed by atoms with Crippen LogP contribution in [0.5, 0.6) is 5.75 Å². The molecular weight excluding hydrogens is 294 g/mol. The molecule has 0 amide bonds. The number of hydrogen-bond donors (Lipinski definition) is 1. The number of halogens is 2. The minimum absolute atomic E-state index is 0.0666. The zero-order valence-corrected chi connectivity index (χ0v) is 8.67. The van der Waals surface area contributed by atoms with E-state index in [9.17, 15) is 4.79 Å². The van der Waals surface area contributed by atoms with E-state index >= 15 is 0 Å². The van der Waals surface area contributed by atoms with Gasteiger partial charge in [-0.15, -0.1) is 0 Å². The Kier molecular flexibility index (Phi) is 3.16. The third-order valence-corrected chi connectivity index (χ3v) is 2.28. The molecule has 0 radical (unpaired) electrons. The number of para-hydroxylation sites is 1. The van der Waals surface area contributed by atoms with Crippen LogP contribution >= 0.6 is 34.5 Å². The van der Waals surface area contributed by atoms with Crippen molar-refractivity contribution in [2.24, 2.45) is 0 Å². The molecule has 0 atom stereocenters. The van der Waals surface area contributed by atoms with Crippen molar-refractivity contribution >= 4 is 40.4 Å². The van der Waals surface area contributed by atoms with Crippen molar-refractivity contribution in [1.82, 2.24) is 0 Å². The van der Waals surface area contributed by atoms with Gasteiger partial charge in [0.05, 0.1) is 3.57 Å². The van der Waals surface area contributed by atoms with E-state index < -0.39 is 5.97 Å². The van der Waals surface area contributed by atoms with Crippen LogP contribution < -0.4 is 4.29 Å². The van der Waals surface area contributed by atoms with Crippen molar-refractivity contribution < 1.29 is 14.2 Å². The van der Waals surface area contributed by atoms with Crippen LogP contribution in [0.3, 0.4) is 0 Å². The molecule has 0 fully saturated rings. The van der Waals surface area contributed by atoms with Crippen LogP contribution in [0.2, 0.25) is 0 Å². The van der Waals surface area contributed by atoms with Crippen LogP contribution in [0, 0.1) is 3.57 Å². The highest BCUT2D eigenvalue weighted by Crippen LogP contribution is 2.26. The van der Waals surface area contributed by atoms with E-state index in [2.05, 4.69) is 4.29 Å². The summed E-state index contributed by atoms with van der Waals surface area (Å²) in [5.74, 6) is -0.864. The Labute approximate surface area is 87.6 Å². The van der Waals surface area contributed by atoms with Crippen molar-refractivity contribution in [3.05, 3.63) is 27.3 Å². The van der Waals surface area contributed by atoms with E-state index in [-0.39, 0.29) is 11.3 Å². The highest BCUT2D eigenvalue weighted by Gasteiger charge is 2.13. The average molecular weight is 298 g/mol. The molecule has 5 heteroatoms. The van der Waals surface area contributed by atoms with Gasteiger partial charge >= 0.3 is 5.97 Å². The van der Waals surface area contributed by atoms with Gasteiger partial charge in [-0.2, -0.15) is 0 Å². The summed E-state index contributed by atoms with van der Waals surface area (Å²) in [6.45, 7) is 0. The van der Waals surface area contributed by atoms with Gasteiger partial charge in [-0.1, -0.05) is 6.07 Å². The molecule has 0 aliphatic rings. The van der Waals surface area contributed by atoms with Crippen LogP contribution in [0.25, 0.3) is 0 Å². The molecule has 0 aromatic heterocycles. The molecule has 0 saturated carbocycles. The summed E-state index contributed by atoms with van der Waals surface area (Å²) in [7, 11) is 0. The summed E-state index contributed by atoms with van der Waals surface area (Å²) in [6.07, 6.45) is 0. The van der Waals surface area contributed by atoms with Gasteiger partial charge in [0.2, 0.25) is 0 Å². The monoisotopic (exact) mass is 298 g/mol. The summed E-state index contributed by atoms with van der Waals surface area (Å²) in [5.41, 5.74) is 0.0666. The summed E-state index contributed by atoms with van der Waals surface area (Å²) in [6, 6.07) is 4.78. The summed E-state index contributed by atoms with van der Waals surface area (Å²) in [4.78, 5) is 10.6. The van der Waals surface area contributed by atoms with Crippen LogP contribution in [0.1, 0.15) is 10.4 Å². The number of aromatic carboxylic acids is 1. The van der Waals surface area contributed by atoms with Crippen molar-refractivity contribution in [2.75, 3.05) is 0 Å². The molecule has 0 bridgehead atoms. The first-order valence-electron chi connectivity index (χ1n) is 2.97. The molecule has 0 heterocycles. The zero-order valence-electron chi connectivity index (χ0n) is 5.75. The van der Waals surface area contributed by atoms with E-state index in [0.717, 1.165) is 0 Å². The third-order valence-electron chi connectivity index (χ3n) is 1.27. The fourth-order valence-corrected chi connectivity index (χ4v) is 1.66. The molecule has 0 spiro atoms. The average Bonchev–Trinajstić information content (AvgIpc) is 2.03. The zero-order chi connectivity index (χ0) is 9.14. The molecule has 64 valence electrons. The van der Waals surface area contributed by atoms with E-state index in [1.165, 1.54) is 6.07 Å². The maximum atomic E-state index is 10.6. The minimum atomic E-state index is -1.05. The number of benzene rings is 1. The van der Waals surface area contributed by atoms with Gasteiger partial charge in [-0.3, -0.25) is 0 Å². The molecule has 1 aromatic rings. The number of carboxylic acid groups (broad SMARTS) is 1. The van der Waals surface area contributed by atoms with Gasteiger partial charge in [-0.25, -0.2) is 4.79 Å². The van der Waals surface area contributed by atoms with Gasteiger partial charge < -0.3 is 9.40 Å². The first-order valence-corrected chi connectivity index (χ1v) is 4.36. The predicted molar refractivity (Wildman–Crippen MR) is 52.6 cm³/mol. The first-order chi connectivity index (χ1) is 5.66. The predicted octanol–water partition coefficient (Wildman–Crippen LogP) is 2.52. The second-order valence-electron chi connectivity index (χ2n) is 2.00. The molecule has 1 aromatic carbocycles. The molecule has 3 nitrogen and oxygen atoms in total. The lowest BCUT2D eigenvalue weighted by atomic mass is 10.2. The van der Waals surface area contributed by atoms with E-state index in [1.807, 2.05) is 22.6 Å². The van der Waals surface area contributed by atoms with Gasteiger partial charge in [0.15, 0.2) is 5.75 Å². The minimum Gasteiger partial charge on any atom is -0.478 e. The Morgan fingerprint density at radius 3 is 2.67 bits per heavy atom. The molecule has 12 heavy (non-hydrogen) atoms. The highest BCUT2D eigenvalue weighted by molar-refractivity contribution is 14.1. The Morgan fingerprint density at radius 1 is 1.58 bits per heavy atom. The van der Waals surface area contributed by atoms with Crippen LogP contribution in [0.15, 0.2) is 18.2 Å². The fraction of sp³-hybridized carbons (Fsp3) is 0. The molecule has 0 aliphatic carbocycles. The van der Waals surface area contributed by atoms with Crippen LogP contribution in [-0.2, 0) is 0 Å². The Morgan fingerprint density at radius 2 is 2.25 bits per heavy atom. The number of carboxylic acids is 1. The van der Waals surface area contributed by atoms with Gasteiger partial charge in [0, 0.05) is 0 Å². The number of rotatable bonds is 2. The topological polar surface area (TPSA) is 46.5 Å². The lowest BCUT2D eigenvalue weighted by Gasteiger charge is -2.02. The Bertz CT molecular complexity index is 314. The molecule has 0 aliphatic heterocycles. The summed E-state index contributed by atoms with van der Waals surface area (Å²) < 4.78 is 5.09. The fourth-order valence-electron chi connectivity index (χ4n) is 0.756. The molecular formula is C7H4ClIO3. The van der Waals surface area contributed by atoms with Crippen molar-refractivity contribution in [3.63, 3.8) is 0 Å². The van der Waals surface area contributed by atoms with Gasteiger partial charge in [-0.05, 0) is 34.7 Å². The second kappa shape index (κ2) is 3.95. The Balaban J connectivity index is 3.27. The third kappa shape index (κ3) is 1.81. The molecule has 0 saturated heterocycles. The maximum Gasteiger partial charge on any atom is 0.339 e. The summed E-state index contributed by atoms with van der Waals surface area (Å²) in [5, 5.41) is 8.68. The lowest BCUT2D eigenvalue weighted by molar-refractivity contribution is 0.0695. The standard InChI is InChI=1S/C7H4ClIO3/c8-12-6-4(7(10)11)2-1-3-5(6)9/h1-3H,(H,10,11). The molecule has 1 N–H and O–H groups in total. The molecule has 0 unspecified atom stereocenters. The van der Waals surface area contributed by atoms with E-state index in [1.54, 1.807) is 12.1 Å². The maximum absolute atomic E-state index is 10.6.